The molecule has 2 rings (SSSR count). The molecule has 0 radical (unpaired) electrons. The van der Waals surface area contributed by atoms with Gasteiger partial charge in [-0.3, -0.25) is 14.6 Å². The van der Waals surface area contributed by atoms with Crippen molar-refractivity contribution in [1.82, 2.24) is 40.9 Å². The van der Waals surface area contributed by atoms with Crippen LogP contribution in [0.25, 0.3) is 4.85 Å². The van der Waals surface area contributed by atoms with Crippen LogP contribution in [0.3, 0.4) is 0 Å². The maximum atomic E-state index is 10.8. The van der Waals surface area contributed by atoms with Gasteiger partial charge in [-0.15, -0.1) is 0 Å². The Morgan fingerprint density at radius 3 is 1.49 bits per heavy atom. The number of rotatable bonds is 5. The number of nitrogens with one attached hydrogen (secondary N) is 4. The van der Waals surface area contributed by atoms with E-state index in [0.717, 1.165) is 85.1 Å². The maximum Gasteiger partial charge on any atom is 0.270 e. The third-order valence-electron chi connectivity index (χ3n) is 6.19. The highest BCUT2D eigenvalue weighted by Crippen LogP contribution is 1.94. The second-order valence-corrected chi connectivity index (χ2v) is 10.5. The highest BCUT2D eigenvalue weighted by Gasteiger charge is 2.11. The zero-order valence-electron chi connectivity index (χ0n) is 22.5. The fourth-order valence-electron chi connectivity index (χ4n) is 4.01. The zero-order chi connectivity index (χ0) is 27.2. The Hall–Kier alpha value is -1.43. The quantitative estimate of drug-likeness (QED) is 0.165. The van der Waals surface area contributed by atoms with E-state index in [1.807, 2.05) is 0 Å². The summed E-state index contributed by atoms with van der Waals surface area (Å²) in [6.07, 6.45) is 0. The topological polar surface area (TPSA) is 146 Å². The second kappa shape index (κ2) is 21.5. The molecule has 0 amide bonds. The fourth-order valence-corrected chi connectivity index (χ4v) is 4.72. The average Bonchev–Trinajstić information content (AvgIpc) is 2.83. The Morgan fingerprint density at radius 2 is 1.14 bits per heavy atom. The molecular weight excluding hydrogens is 496 g/mol. The Bertz CT molecular complexity index is 703. The third kappa shape index (κ3) is 19.3. The lowest BCUT2D eigenvalue weighted by atomic mass is 10.4. The summed E-state index contributed by atoms with van der Waals surface area (Å²) < 4.78 is 32.4. The highest BCUT2D eigenvalue weighted by atomic mass is 32.2. The molecule has 37 heavy (non-hydrogen) atoms. The maximum absolute atomic E-state index is 10.8. The Kier molecular flexibility index (Phi) is 19.5. The van der Waals surface area contributed by atoms with Crippen molar-refractivity contribution in [2.45, 2.75) is 6.92 Å². The predicted octanol–water partition coefficient (Wildman–Crippen LogP) is -2.51. The SMILES string of the molecule is CCN1CCNCCN(CS(=O)(=O)[O-])CCNCC1.[C-]#[N+]CN1CCNCCN(CC#N)CCNCC1. The molecule has 14 heteroatoms. The molecule has 0 atom stereocenters. The molecule has 2 fully saturated rings. The smallest absolute Gasteiger partial charge is 0.270 e. The van der Waals surface area contributed by atoms with Gasteiger partial charge in [-0.2, -0.15) is 5.26 Å². The molecule has 4 N–H and O–H groups in total. The normalized spacial score (nSPS) is 21.9. The molecule has 2 aliphatic rings. The first-order chi connectivity index (χ1) is 17.9. The van der Waals surface area contributed by atoms with E-state index in [4.69, 9.17) is 11.8 Å². The first kappa shape index (κ1) is 33.6. The number of nitriles is 1. The van der Waals surface area contributed by atoms with Crippen molar-refractivity contribution in [2.75, 3.05) is 130 Å². The van der Waals surface area contributed by atoms with Crippen molar-refractivity contribution >= 4 is 10.1 Å². The molecule has 0 aromatic heterocycles. The van der Waals surface area contributed by atoms with Gasteiger partial charge in [-0.05, 0) is 6.54 Å². The van der Waals surface area contributed by atoms with Gasteiger partial charge in [0, 0.05) is 105 Å². The summed E-state index contributed by atoms with van der Waals surface area (Å²) in [5.41, 5.74) is 0. The molecule has 13 nitrogen and oxygen atoms in total. The molecule has 214 valence electrons. The lowest BCUT2D eigenvalue weighted by Crippen LogP contribution is -2.44. The standard InChI is InChI=1S/C12H22N6.C11H26N4O3S/c1-14-12-18-10-5-15-3-8-17(7-2-13)9-4-16-6-11-18;1-2-14-7-3-12-5-9-15(11-19(16,17)18)10-6-13-4-8-14/h15-16H,3-12H2;12-13H,2-11H2,1H3,(H,16,17,18)/p-1. The van der Waals surface area contributed by atoms with Crippen LogP contribution in [-0.4, -0.2) is 163 Å². The van der Waals surface area contributed by atoms with Crippen LogP contribution in [0.5, 0.6) is 0 Å². The summed E-state index contributed by atoms with van der Waals surface area (Å²) in [6.45, 7) is 24.6. The monoisotopic (exact) mass is 543 g/mol. The van der Waals surface area contributed by atoms with Crippen LogP contribution < -0.4 is 21.3 Å². The fraction of sp³-hybridized carbons (Fsp3) is 0.913. The third-order valence-corrected chi connectivity index (χ3v) is 6.87. The summed E-state index contributed by atoms with van der Waals surface area (Å²) in [4.78, 5) is 11.8. The van der Waals surface area contributed by atoms with E-state index in [1.54, 1.807) is 4.90 Å². The molecule has 0 aromatic carbocycles. The van der Waals surface area contributed by atoms with E-state index in [2.05, 4.69) is 53.8 Å². The van der Waals surface area contributed by atoms with Crippen molar-refractivity contribution in [2.24, 2.45) is 0 Å². The summed E-state index contributed by atoms with van der Waals surface area (Å²) in [6, 6.07) is 2.20. The highest BCUT2D eigenvalue weighted by molar-refractivity contribution is 7.85. The molecule has 0 bridgehead atoms. The van der Waals surface area contributed by atoms with Crippen molar-refractivity contribution in [3.05, 3.63) is 11.4 Å². The predicted molar refractivity (Wildman–Crippen MR) is 145 cm³/mol. The lowest BCUT2D eigenvalue weighted by Gasteiger charge is -2.26. The second-order valence-electron chi connectivity index (χ2n) is 9.09. The van der Waals surface area contributed by atoms with Crippen molar-refractivity contribution in [3.8, 4) is 6.07 Å². The van der Waals surface area contributed by atoms with Crippen LogP contribution in [0.1, 0.15) is 6.92 Å². The molecule has 0 aromatic rings. The van der Waals surface area contributed by atoms with Crippen LogP contribution in [0.4, 0.5) is 0 Å². The van der Waals surface area contributed by atoms with Gasteiger partial charge in [0.2, 0.25) is 0 Å². The Morgan fingerprint density at radius 1 is 0.757 bits per heavy atom. The number of likely N-dealkylation sites (N-methyl/N-ethyl adjacent to an activating group) is 1. The van der Waals surface area contributed by atoms with Gasteiger partial charge >= 0.3 is 0 Å². The van der Waals surface area contributed by atoms with Crippen LogP contribution in [-0.2, 0) is 10.1 Å². The molecule has 0 aliphatic carbocycles. The molecule has 0 saturated carbocycles. The molecule has 2 saturated heterocycles. The minimum atomic E-state index is -4.19. The van der Waals surface area contributed by atoms with Crippen LogP contribution in [0, 0.1) is 17.9 Å². The van der Waals surface area contributed by atoms with Gasteiger partial charge in [-0.25, -0.2) is 19.9 Å². The van der Waals surface area contributed by atoms with Crippen LogP contribution in [0.2, 0.25) is 0 Å². The molecule has 2 aliphatic heterocycles. The van der Waals surface area contributed by atoms with Gasteiger partial charge in [0.05, 0.1) is 18.5 Å². The number of hydrogen-bond donors (Lipinski definition) is 4. The van der Waals surface area contributed by atoms with E-state index in [1.165, 1.54) is 0 Å². The first-order valence-corrected chi connectivity index (χ1v) is 14.8. The summed E-state index contributed by atoms with van der Waals surface area (Å²) in [5.74, 6) is -0.405. The number of nitrogens with zero attached hydrogens (tertiary/aromatic N) is 6. The van der Waals surface area contributed by atoms with Gasteiger partial charge in [0.1, 0.15) is 10.1 Å². The van der Waals surface area contributed by atoms with Gasteiger partial charge in [0.25, 0.3) is 6.67 Å². The summed E-state index contributed by atoms with van der Waals surface area (Å²) in [7, 11) is -4.19. The van der Waals surface area contributed by atoms with E-state index < -0.39 is 16.0 Å². The van der Waals surface area contributed by atoms with E-state index in [-0.39, 0.29) is 0 Å². The summed E-state index contributed by atoms with van der Waals surface area (Å²) >= 11 is 0. The first-order valence-electron chi connectivity index (χ1n) is 13.2. The largest absolute Gasteiger partial charge is 0.747 e. The van der Waals surface area contributed by atoms with Crippen LogP contribution in [0.15, 0.2) is 0 Å². The molecule has 2 heterocycles. The zero-order valence-corrected chi connectivity index (χ0v) is 23.3. The summed E-state index contributed by atoms with van der Waals surface area (Å²) in [5, 5.41) is 22.0. The minimum Gasteiger partial charge on any atom is -0.747 e. The van der Waals surface area contributed by atoms with E-state index >= 15 is 0 Å². The van der Waals surface area contributed by atoms with E-state index in [0.29, 0.717) is 39.4 Å². The van der Waals surface area contributed by atoms with Gasteiger partial charge in [0.15, 0.2) is 0 Å². The molecule has 0 spiro atoms. The van der Waals surface area contributed by atoms with Gasteiger partial charge < -0.3 is 30.7 Å². The Balaban J connectivity index is 0.000000371. The molecule has 0 unspecified atom stereocenters. The Labute approximate surface area is 224 Å². The lowest BCUT2D eigenvalue weighted by molar-refractivity contribution is 0.259. The van der Waals surface area contributed by atoms with Crippen molar-refractivity contribution in [1.29, 1.82) is 5.26 Å². The number of hydrogen-bond acceptors (Lipinski definition) is 12. The minimum absolute atomic E-state index is 0.405. The van der Waals surface area contributed by atoms with Crippen molar-refractivity contribution < 1.29 is 13.0 Å². The van der Waals surface area contributed by atoms with Crippen LogP contribution >= 0.6 is 0 Å². The van der Waals surface area contributed by atoms with Gasteiger partial charge in [-0.1, -0.05) is 6.92 Å². The average molecular weight is 544 g/mol. The molecular formula is C23H47N10O3S-. The van der Waals surface area contributed by atoms with E-state index in [9.17, 15) is 13.0 Å². The van der Waals surface area contributed by atoms with Crippen molar-refractivity contribution in [3.63, 3.8) is 0 Å².